The van der Waals surface area contributed by atoms with Crippen molar-refractivity contribution in [1.29, 1.82) is 0 Å². The van der Waals surface area contributed by atoms with Crippen molar-refractivity contribution in [2.24, 2.45) is 29.6 Å². The molecule has 3 unspecified atom stereocenters. The average molecular weight is 722 g/mol. The van der Waals surface area contributed by atoms with Crippen LogP contribution < -0.4 is 26.6 Å². The van der Waals surface area contributed by atoms with Crippen LogP contribution >= 0.6 is 0 Å². The predicted molar refractivity (Wildman–Crippen MR) is 196 cm³/mol. The Balaban J connectivity index is 1.62. The van der Waals surface area contributed by atoms with E-state index in [0.29, 0.717) is 17.4 Å². The minimum absolute atomic E-state index is 0.00318. The lowest BCUT2D eigenvalue weighted by atomic mass is 9.69. The number of hydrogen-bond donors (Lipinski definition) is 7. The Hall–Kier alpha value is -4.94. The number of aromatic hydroxyl groups is 1. The van der Waals surface area contributed by atoms with Gasteiger partial charge in [-0.1, -0.05) is 83.5 Å². The summed E-state index contributed by atoms with van der Waals surface area (Å²) >= 11 is 0. The molecule has 284 valence electrons. The first-order valence-electron chi connectivity index (χ1n) is 18.1. The van der Waals surface area contributed by atoms with Crippen LogP contribution in [0.5, 0.6) is 5.75 Å². The smallest absolute Gasteiger partial charge is 0.326 e. The van der Waals surface area contributed by atoms with E-state index in [2.05, 4.69) is 47.4 Å². The van der Waals surface area contributed by atoms with Crippen molar-refractivity contribution in [2.45, 2.75) is 91.3 Å². The van der Waals surface area contributed by atoms with Gasteiger partial charge >= 0.3 is 5.97 Å². The summed E-state index contributed by atoms with van der Waals surface area (Å²) in [7, 11) is 0. The third kappa shape index (κ3) is 13.6. The summed E-state index contributed by atoms with van der Waals surface area (Å²) in [6.45, 7) is 9.00. The van der Waals surface area contributed by atoms with Crippen molar-refractivity contribution in [1.82, 2.24) is 26.6 Å². The SMILES string of the molecule is CC(C)CC(NC(=O)C(Cc1ccccc1)NC(=O)CNC(=O)CNC(=O)C(Cc1ccc(O)cc1)NC(=O)[C@@H]1C[C@H](C)CC[C@H]1C(C)C)C(=O)O. The van der Waals surface area contributed by atoms with Gasteiger partial charge in [-0.15, -0.1) is 0 Å². The van der Waals surface area contributed by atoms with E-state index in [1.165, 1.54) is 12.1 Å². The molecule has 6 atom stereocenters. The number of carboxylic acids is 1. The molecular formula is C39H55N5O8. The summed E-state index contributed by atoms with van der Waals surface area (Å²) in [5, 5.41) is 32.4. The van der Waals surface area contributed by atoms with Gasteiger partial charge in [0.25, 0.3) is 0 Å². The Morgan fingerprint density at radius 3 is 1.90 bits per heavy atom. The first kappa shape index (κ1) is 41.5. The highest BCUT2D eigenvalue weighted by Gasteiger charge is 2.37. The van der Waals surface area contributed by atoms with Crippen LogP contribution in [-0.4, -0.2) is 76.9 Å². The first-order valence-corrected chi connectivity index (χ1v) is 18.1. The lowest BCUT2D eigenvalue weighted by molar-refractivity contribution is -0.142. The molecule has 13 heteroatoms. The summed E-state index contributed by atoms with van der Waals surface area (Å²) in [5.41, 5.74) is 1.43. The number of phenolic OH excluding ortho intramolecular Hbond substituents is 1. The molecule has 0 spiro atoms. The van der Waals surface area contributed by atoms with Crippen LogP contribution in [0.15, 0.2) is 54.6 Å². The van der Waals surface area contributed by atoms with Crippen LogP contribution in [0.2, 0.25) is 0 Å². The summed E-state index contributed by atoms with van der Waals surface area (Å²) in [4.78, 5) is 77.7. The van der Waals surface area contributed by atoms with Gasteiger partial charge in [0.2, 0.25) is 29.5 Å². The molecule has 0 heterocycles. The molecule has 0 aromatic heterocycles. The maximum atomic E-state index is 13.6. The fourth-order valence-corrected chi connectivity index (χ4v) is 6.66. The van der Waals surface area contributed by atoms with E-state index < -0.39 is 60.8 Å². The van der Waals surface area contributed by atoms with Gasteiger partial charge in [-0.3, -0.25) is 24.0 Å². The number of phenols is 1. The Bertz CT molecular complexity index is 1510. The fourth-order valence-electron chi connectivity index (χ4n) is 6.66. The maximum Gasteiger partial charge on any atom is 0.326 e. The molecule has 0 aliphatic heterocycles. The minimum Gasteiger partial charge on any atom is -0.508 e. The standard InChI is InChI=1S/C39H55N5O8/c1-23(2)17-33(39(51)52)44-38(50)32(19-26-9-7-6-8-10-26)42-35(47)22-40-34(46)21-41-37(49)31(20-27-12-14-28(45)15-13-27)43-36(48)30-18-25(5)11-16-29(30)24(3)4/h6-10,12-15,23-25,29-33,45H,11,16-22H2,1-5H3,(H,40,46)(H,41,49)(H,42,47)(H,43,48)(H,44,50)(H,51,52)/t25-,29+,30-,31?,32?,33?/m1/s1. The molecule has 13 nitrogen and oxygen atoms in total. The van der Waals surface area contributed by atoms with Gasteiger partial charge in [0, 0.05) is 18.8 Å². The van der Waals surface area contributed by atoms with E-state index in [1.54, 1.807) is 42.5 Å². The third-order valence-corrected chi connectivity index (χ3v) is 9.49. The van der Waals surface area contributed by atoms with Crippen molar-refractivity contribution in [3.8, 4) is 5.75 Å². The lowest BCUT2D eigenvalue weighted by Crippen LogP contribution is -2.55. The normalized spacial score (nSPS) is 18.8. The van der Waals surface area contributed by atoms with Gasteiger partial charge in [-0.2, -0.15) is 0 Å². The van der Waals surface area contributed by atoms with Gasteiger partial charge < -0.3 is 36.8 Å². The second kappa shape index (κ2) is 20.2. The number of carbonyl (C=O) groups excluding carboxylic acids is 5. The van der Waals surface area contributed by atoms with E-state index in [0.717, 1.165) is 24.8 Å². The molecule has 1 aliphatic rings. The van der Waals surface area contributed by atoms with Crippen LogP contribution in [0.3, 0.4) is 0 Å². The van der Waals surface area contributed by atoms with Crippen LogP contribution in [0.4, 0.5) is 0 Å². The summed E-state index contributed by atoms with van der Waals surface area (Å²) in [6.07, 6.45) is 3.11. The van der Waals surface area contributed by atoms with E-state index in [9.17, 15) is 39.0 Å². The minimum atomic E-state index is -1.19. The van der Waals surface area contributed by atoms with Crippen LogP contribution in [0.25, 0.3) is 0 Å². The number of benzene rings is 2. The Labute approximate surface area is 306 Å². The maximum absolute atomic E-state index is 13.6. The topological polar surface area (TPSA) is 203 Å². The number of carbonyl (C=O) groups is 6. The molecule has 0 bridgehead atoms. The van der Waals surface area contributed by atoms with Crippen molar-refractivity contribution < 1.29 is 39.0 Å². The van der Waals surface area contributed by atoms with Crippen molar-refractivity contribution in [3.63, 3.8) is 0 Å². The Kier molecular flexibility index (Phi) is 16.1. The molecule has 7 N–H and O–H groups in total. The van der Waals surface area contributed by atoms with Crippen LogP contribution in [0, 0.1) is 29.6 Å². The van der Waals surface area contributed by atoms with Gasteiger partial charge in [-0.25, -0.2) is 4.79 Å². The number of nitrogens with one attached hydrogen (secondary N) is 5. The molecule has 52 heavy (non-hydrogen) atoms. The molecule has 1 fully saturated rings. The van der Waals surface area contributed by atoms with Gasteiger partial charge in [0.15, 0.2) is 0 Å². The third-order valence-electron chi connectivity index (χ3n) is 9.49. The highest BCUT2D eigenvalue weighted by molar-refractivity contribution is 5.94. The Morgan fingerprint density at radius 1 is 0.712 bits per heavy atom. The van der Waals surface area contributed by atoms with E-state index in [4.69, 9.17) is 0 Å². The molecule has 2 aromatic carbocycles. The number of rotatable bonds is 18. The van der Waals surface area contributed by atoms with Crippen LogP contribution in [0.1, 0.15) is 71.4 Å². The van der Waals surface area contributed by atoms with Crippen molar-refractivity contribution in [2.75, 3.05) is 13.1 Å². The quantitative estimate of drug-likeness (QED) is 0.122. The number of amides is 5. The fraction of sp³-hybridized carbons (Fsp3) is 0.538. The zero-order valence-corrected chi connectivity index (χ0v) is 30.8. The number of carboxylic acid groups (broad SMARTS) is 1. The molecule has 3 rings (SSSR count). The Morgan fingerprint density at radius 2 is 1.31 bits per heavy atom. The molecule has 0 saturated heterocycles. The highest BCUT2D eigenvalue weighted by Crippen LogP contribution is 2.38. The number of aliphatic carboxylic acids is 1. The van der Waals surface area contributed by atoms with Crippen molar-refractivity contribution in [3.05, 3.63) is 65.7 Å². The van der Waals surface area contributed by atoms with Crippen molar-refractivity contribution >= 4 is 35.5 Å². The predicted octanol–water partition coefficient (Wildman–Crippen LogP) is 2.70. The molecule has 1 aliphatic carbocycles. The van der Waals surface area contributed by atoms with E-state index in [1.807, 2.05) is 13.8 Å². The molecular weight excluding hydrogens is 666 g/mol. The summed E-state index contributed by atoms with van der Waals surface area (Å²) in [5.74, 6) is -3.35. The number of hydrogen-bond acceptors (Lipinski definition) is 7. The molecule has 2 aromatic rings. The summed E-state index contributed by atoms with van der Waals surface area (Å²) < 4.78 is 0. The van der Waals surface area contributed by atoms with Gasteiger partial charge in [-0.05, 0) is 66.2 Å². The zero-order chi connectivity index (χ0) is 38.4. The van der Waals surface area contributed by atoms with Gasteiger partial charge in [0.05, 0.1) is 13.1 Å². The zero-order valence-electron chi connectivity index (χ0n) is 30.8. The van der Waals surface area contributed by atoms with Gasteiger partial charge in [0.1, 0.15) is 23.9 Å². The monoisotopic (exact) mass is 721 g/mol. The lowest BCUT2D eigenvalue weighted by Gasteiger charge is -2.37. The van der Waals surface area contributed by atoms with Crippen LogP contribution in [-0.2, 0) is 41.6 Å². The van der Waals surface area contributed by atoms with E-state index >= 15 is 0 Å². The summed E-state index contributed by atoms with van der Waals surface area (Å²) in [6, 6.07) is 11.9. The molecule has 5 amide bonds. The molecule has 1 saturated carbocycles. The second-order valence-corrected chi connectivity index (χ2v) is 14.7. The second-order valence-electron chi connectivity index (χ2n) is 14.7. The molecule has 0 radical (unpaired) electrons. The average Bonchev–Trinajstić information content (AvgIpc) is 3.09. The first-order chi connectivity index (χ1) is 24.6. The highest BCUT2D eigenvalue weighted by atomic mass is 16.4. The largest absolute Gasteiger partial charge is 0.508 e. The van der Waals surface area contributed by atoms with E-state index in [-0.39, 0.29) is 48.7 Å².